The first-order valence-corrected chi connectivity index (χ1v) is 9.62. The number of nitrogens with one attached hydrogen (secondary N) is 2. The van der Waals surface area contributed by atoms with E-state index in [1.807, 2.05) is 20.8 Å². The number of anilines is 1. The van der Waals surface area contributed by atoms with E-state index in [9.17, 15) is 4.79 Å². The van der Waals surface area contributed by atoms with Crippen LogP contribution in [0.25, 0.3) is 0 Å². The second-order valence-corrected chi connectivity index (χ2v) is 6.39. The van der Waals surface area contributed by atoms with E-state index in [1.54, 1.807) is 0 Å². The highest BCUT2D eigenvalue weighted by Crippen LogP contribution is 2.21. The lowest BCUT2D eigenvalue weighted by atomic mass is 10.1. The summed E-state index contributed by atoms with van der Waals surface area (Å²) < 4.78 is 0. The van der Waals surface area contributed by atoms with Gasteiger partial charge in [0.25, 0.3) is 23.8 Å². The van der Waals surface area contributed by atoms with Crippen LogP contribution >= 0.6 is 0 Å². The summed E-state index contributed by atoms with van der Waals surface area (Å²) in [4.78, 5) is 42.9. The number of nitrogens with zero attached hydrogens (tertiary/aromatic N) is 1. The molecule has 1 rings (SSSR count). The van der Waals surface area contributed by atoms with Crippen molar-refractivity contribution in [3.8, 4) is 0 Å². The molecule has 0 aliphatic rings. The number of carbonyl (C=O) groups excluding carboxylic acids is 1. The number of carboxylic acids is 3. The first kappa shape index (κ1) is 33.3. The van der Waals surface area contributed by atoms with Crippen LogP contribution in [-0.2, 0) is 19.2 Å². The van der Waals surface area contributed by atoms with Gasteiger partial charge >= 0.3 is 0 Å². The van der Waals surface area contributed by atoms with Crippen LogP contribution in [0.5, 0.6) is 0 Å². The second kappa shape index (κ2) is 20.9. The van der Waals surface area contributed by atoms with E-state index in [0.29, 0.717) is 13.1 Å². The summed E-state index contributed by atoms with van der Waals surface area (Å²) in [6.45, 7) is 11.9. The molecule has 0 saturated heterocycles. The van der Waals surface area contributed by atoms with Crippen molar-refractivity contribution < 1.29 is 34.5 Å². The summed E-state index contributed by atoms with van der Waals surface area (Å²) in [5, 5.41) is 28.2. The number of hydrogen-bond acceptors (Lipinski definition) is 7. The Bertz CT molecular complexity index is 686. The molecule has 0 unspecified atom stereocenters. The maximum Gasteiger partial charge on any atom is 0.300 e. The van der Waals surface area contributed by atoms with E-state index in [2.05, 4.69) is 27.8 Å². The molecule has 0 spiro atoms. The van der Waals surface area contributed by atoms with Gasteiger partial charge in [-0.15, -0.1) is 0 Å². The Morgan fingerprint density at radius 3 is 1.69 bits per heavy atom. The third-order valence-corrected chi connectivity index (χ3v) is 2.87. The third kappa shape index (κ3) is 28.9. The highest BCUT2D eigenvalue weighted by Gasteiger charge is 2.06. The van der Waals surface area contributed by atoms with Crippen LogP contribution in [0.1, 0.15) is 37.5 Å². The van der Waals surface area contributed by atoms with Crippen LogP contribution in [0.3, 0.4) is 0 Å². The summed E-state index contributed by atoms with van der Waals surface area (Å²) >= 11 is 0. The van der Waals surface area contributed by atoms with Crippen molar-refractivity contribution in [3.05, 3.63) is 28.8 Å². The molecule has 0 fully saturated rings. The molecular formula is C21H36N4O7. The molecule has 0 aromatic heterocycles. The lowest BCUT2D eigenvalue weighted by molar-refractivity contribution is -0.135. The molecule has 11 nitrogen and oxygen atoms in total. The maximum atomic E-state index is 11.8. The van der Waals surface area contributed by atoms with E-state index in [4.69, 9.17) is 35.4 Å². The summed E-state index contributed by atoms with van der Waals surface area (Å²) in [5.41, 5.74) is 9.54. The zero-order valence-electron chi connectivity index (χ0n) is 19.6. The number of benzene rings is 1. The normalized spacial score (nSPS) is 9.22. The minimum absolute atomic E-state index is 0.195. The molecule has 182 valence electrons. The minimum Gasteiger partial charge on any atom is -0.481 e. The zero-order valence-corrected chi connectivity index (χ0v) is 19.6. The first-order chi connectivity index (χ1) is 14.7. The van der Waals surface area contributed by atoms with Gasteiger partial charge in [-0.05, 0) is 31.9 Å². The number of hydrogen-bond donors (Lipinski definition) is 6. The molecule has 0 heterocycles. The third-order valence-electron chi connectivity index (χ3n) is 2.87. The summed E-state index contributed by atoms with van der Waals surface area (Å²) in [5.74, 6) is -2.70. The predicted octanol–water partition coefficient (Wildman–Crippen LogP) is 1.44. The van der Waals surface area contributed by atoms with Crippen LogP contribution in [0.15, 0.2) is 17.1 Å². The van der Waals surface area contributed by atoms with Crippen molar-refractivity contribution in [1.82, 2.24) is 5.32 Å². The van der Waals surface area contributed by atoms with Crippen molar-refractivity contribution >= 4 is 35.7 Å². The molecular weight excluding hydrogens is 420 g/mol. The molecule has 11 heteroatoms. The van der Waals surface area contributed by atoms with E-state index >= 15 is 0 Å². The Morgan fingerprint density at radius 1 is 0.906 bits per heavy atom. The van der Waals surface area contributed by atoms with E-state index < -0.39 is 17.9 Å². The van der Waals surface area contributed by atoms with Gasteiger partial charge < -0.3 is 31.7 Å². The number of carboxylic acid groups (broad SMARTS) is 3. The highest BCUT2D eigenvalue weighted by atomic mass is 16.4. The fraction of sp³-hybridized carbons (Fsp3) is 0.476. The first-order valence-electron chi connectivity index (χ1n) is 9.62. The average molecular weight is 457 g/mol. The molecule has 1 aromatic rings. The topological polar surface area (TPSA) is 191 Å². The Balaban J connectivity index is -0.000000577. The number of amides is 1. The Kier molecular flexibility index (Phi) is 21.8. The number of rotatable bonds is 7. The quantitative estimate of drug-likeness (QED) is 0.260. The highest BCUT2D eigenvalue weighted by molar-refractivity contribution is 6.32. The average Bonchev–Trinajstić information content (AvgIpc) is 2.59. The number of aliphatic carboxylic acids is 3. The molecule has 0 bridgehead atoms. The van der Waals surface area contributed by atoms with Gasteiger partial charge in [0, 0.05) is 46.1 Å². The summed E-state index contributed by atoms with van der Waals surface area (Å²) in [7, 11) is 0. The largest absolute Gasteiger partial charge is 0.481 e. The number of nitrogens with two attached hydrogens (primary N) is 1. The lowest BCUT2D eigenvalue weighted by Crippen LogP contribution is -2.25. The summed E-state index contributed by atoms with van der Waals surface area (Å²) in [6.07, 6.45) is 1.34. The smallest absolute Gasteiger partial charge is 0.300 e. The van der Waals surface area contributed by atoms with E-state index in [1.165, 1.54) is 11.8 Å². The molecule has 0 aliphatic carbocycles. The van der Waals surface area contributed by atoms with Gasteiger partial charge in [-0.1, -0.05) is 17.7 Å². The van der Waals surface area contributed by atoms with Gasteiger partial charge in [-0.25, -0.2) is 0 Å². The second-order valence-electron chi connectivity index (χ2n) is 6.39. The van der Waals surface area contributed by atoms with Crippen molar-refractivity contribution in [2.75, 3.05) is 31.5 Å². The molecule has 7 N–H and O–H groups in total. The fourth-order valence-corrected chi connectivity index (χ4v) is 2.05. The maximum absolute atomic E-state index is 11.8. The number of carbonyl (C=O) groups is 4. The van der Waals surface area contributed by atoms with Gasteiger partial charge in [0.2, 0.25) is 0 Å². The Labute approximate surface area is 188 Å². The Morgan fingerprint density at radius 2 is 1.31 bits per heavy atom. The minimum atomic E-state index is -0.833. The van der Waals surface area contributed by atoms with Gasteiger partial charge in [-0.2, -0.15) is 0 Å². The van der Waals surface area contributed by atoms with Crippen molar-refractivity contribution in [3.63, 3.8) is 0 Å². The standard InChI is InChI=1S/C15H24N4O.3C2H4O2/c1-11-8-12(2)15(13(3)9-11)19-14(20)10-18-7-6-17-5-4-16;3*1-2(3)4/h8-10,17H,4-7,16H2,1-3H3,(H,19,20);3*1H3,(H,3,4). The van der Waals surface area contributed by atoms with Crippen molar-refractivity contribution in [2.24, 2.45) is 10.7 Å². The Hall–Kier alpha value is -3.31. The lowest BCUT2D eigenvalue weighted by Gasteiger charge is -2.11. The number of aliphatic imine (C=N–C) groups is 1. The van der Waals surface area contributed by atoms with Gasteiger partial charge in [0.05, 0.1) is 12.8 Å². The van der Waals surface area contributed by atoms with Crippen molar-refractivity contribution in [2.45, 2.75) is 41.5 Å². The SMILES string of the molecule is CC(=O)O.CC(=O)O.CC(=O)O.Cc1cc(C)c(NC(=O)C=NCCNCCN)c(C)c1. The molecule has 0 aliphatic heterocycles. The molecule has 0 radical (unpaired) electrons. The molecule has 1 aromatic carbocycles. The van der Waals surface area contributed by atoms with E-state index in [-0.39, 0.29) is 5.91 Å². The number of aryl methyl sites for hydroxylation is 3. The molecule has 0 saturated carbocycles. The van der Waals surface area contributed by atoms with Gasteiger partial charge in [0.15, 0.2) is 0 Å². The molecule has 0 atom stereocenters. The van der Waals surface area contributed by atoms with Crippen LogP contribution in [-0.4, -0.2) is 71.5 Å². The van der Waals surface area contributed by atoms with Gasteiger partial charge in [0.1, 0.15) is 0 Å². The zero-order chi connectivity index (χ0) is 25.7. The van der Waals surface area contributed by atoms with Crippen LogP contribution in [0, 0.1) is 20.8 Å². The summed E-state index contributed by atoms with van der Waals surface area (Å²) in [6, 6.07) is 4.10. The van der Waals surface area contributed by atoms with Crippen LogP contribution in [0.2, 0.25) is 0 Å². The monoisotopic (exact) mass is 456 g/mol. The van der Waals surface area contributed by atoms with Gasteiger partial charge in [-0.3, -0.25) is 24.2 Å². The molecule has 32 heavy (non-hydrogen) atoms. The fourth-order valence-electron chi connectivity index (χ4n) is 2.05. The van der Waals surface area contributed by atoms with E-state index in [0.717, 1.165) is 50.7 Å². The van der Waals surface area contributed by atoms with Crippen LogP contribution < -0.4 is 16.4 Å². The van der Waals surface area contributed by atoms with Crippen molar-refractivity contribution in [1.29, 1.82) is 0 Å². The van der Waals surface area contributed by atoms with Crippen LogP contribution in [0.4, 0.5) is 5.69 Å². The predicted molar refractivity (Wildman–Crippen MR) is 124 cm³/mol. The molecule has 1 amide bonds.